The van der Waals surface area contributed by atoms with Crippen molar-refractivity contribution in [2.24, 2.45) is 11.8 Å². The zero-order valence-electron chi connectivity index (χ0n) is 12.7. The Labute approximate surface area is 125 Å². The van der Waals surface area contributed by atoms with Gasteiger partial charge in [-0.3, -0.25) is 4.79 Å². The van der Waals surface area contributed by atoms with Crippen molar-refractivity contribution in [3.63, 3.8) is 0 Å². The molecule has 0 bridgehead atoms. The van der Waals surface area contributed by atoms with Crippen molar-refractivity contribution >= 4 is 11.9 Å². The molecule has 3 fully saturated rings. The molecule has 0 aromatic carbocycles. The summed E-state index contributed by atoms with van der Waals surface area (Å²) in [4.78, 5) is 26.3. The van der Waals surface area contributed by atoms with E-state index in [9.17, 15) is 14.7 Å². The highest BCUT2D eigenvalue weighted by atomic mass is 16.5. The predicted octanol–water partition coefficient (Wildman–Crippen LogP) is 2.05. The summed E-state index contributed by atoms with van der Waals surface area (Å²) in [5, 5.41) is 9.51. The molecule has 5 nitrogen and oxygen atoms in total. The Balaban J connectivity index is 1.79. The SMILES string of the molecule is CC1CC(C(=O)N2C(C(=O)O)CC3CCCCC32)CCO1. The van der Waals surface area contributed by atoms with Crippen molar-refractivity contribution < 1.29 is 19.4 Å². The Kier molecular flexibility index (Phi) is 4.20. The number of carbonyl (C=O) groups is 2. The fourth-order valence-corrected chi connectivity index (χ4v) is 4.43. The third kappa shape index (κ3) is 2.80. The van der Waals surface area contributed by atoms with Crippen LogP contribution in [0.2, 0.25) is 0 Å². The number of amides is 1. The molecule has 1 aliphatic carbocycles. The van der Waals surface area contributed by atoms with Gasteiger partial charge in [-0.25, -0.2) is 4.79 Å². The lowest BCUT2D eigenvalue weighted by atomic mass is 9.84. The average Bonchev–Trinajstić information content (AvgIpc) is 2.86. The predicted molar refractivity (Wildman–Crippen MR) is 76.8 cm³/mol. The number of fused-ring (bicyclic) bond motifs is 1. The van der Waals surface area contributed by atoms with E-state index >= 15 is 0 Å². The van der Waals surface area contributed by atoms with Crippen molar-refractivity contribution in [2.75, 3.05) is 6.61 Å². The number of nitrogens with zero attached hydrogens (tertiary/aromatic N) is 1. The molecule has 1 amide bonds. The van der Waals surface area contributed by atoms with Gasteiger partial charge in [-0.15, -0.1) is 0 Å². The lowest BCUT2D eigenvalue weighted by Crippen LogP contribution is -2.50. The number of carbonyl (C=O) groups excluding carboxylic acids is 1. The normalized spacial score (nSPS) is 39.9. The van der Waals surface area contributed by atoms with Gasteiger partial charge < -0.3 is 14.7 Å². The highest BCUT2D eigenvalue weighted by Crippen LogP contribution is 2.41. The van der Waals surface area contributed by atoms with Crippen LogP contribution >= 0.6 is 0 Å². The second-order valence-corrected chi connectivity index (χ2v) is 6.85. The quantitative estimate of drug-likeness (QED) is 0.846. The molecule has 3 aliphatic rings. The molecule has 2 heterocycles. The first-order valence-electron chi connectivity index (χ1n) is 8.24. The highest BCUT2D eigenvalue weighted by molar-refractivity contribution is 5.86. The molecule has 0 aromatic rings. The number of ether oxygens (including phenoxy) is 1. The maximum atomic E-state index is 12.9. The number of likely N-dealkylation sites (tertiary alicyclic amines) is 1. The van der Waals surface area contributed by atoms with Gasteiger partial charge in [0.1, 0.15) is 6.04 Å². The summed E-state index contributed by atoms with van der Waals surface area (Å²) in [5.74, 6) is -0.442. The average molecular weight is 295 g/mol. The number of aliphatic carboxylic acids is 1. The van der Waals surface area contributed by atoms with Crippen LogP contribution in [0.5, 0.6) is 0 Å². The number of carboxylic acids is 1. The van der Waals surface area contributed by atoms with E-state index in [4.69, 9.17) is 4.74 Å². The van der Waals surface area contributed by atoms with Crippen LogP contribution in [-0.4, -0.2) is 46.7 Å². The molecular weight excluding hydrogens is 270 g/mol. The van der Waals surface area contributed by atoms with E-state index in [0.29, 0.717) is 18.9 Å². The number of hydrogen-bond donors (Lipinski definition) is 1. The molecule has 0 spiro atoms. The molecular formula is C16H25NO4. The molecule has 5 heteroatoms. The molecule has 21 heavy (non-hydrogen) atoms. The van der Waals surface area contributed by atoms with Crippen LogP contribution in [0.1, 0.15) is 51.9 Å². The third-order valence-electron chi connectivity index (χ3n) is 5.46. The van der Waals surface area contributed by atoms with Gasteiger partial charge in [0.2, 0.25) is 5.91 Å². The second-order valence-electron chi connectivity index (χ2n) is 6.85. The van der Waals surface area contributed by atoms with Gasteiger partial charge in [-0.1, -0.05) is 12.8 Å². The Morgan fingerprint density at radius 3 is 2.62 bits per heavy atom. The summed E-state index contributed by atoms with van der Waals surface area (Å²) in [6, 6.07) is -0.450. The molecule has 118 valence electrons. The maximum Gasteiger partial charge on any atom is 0.326 e. The first-order chi connectivity index (χ1) is 10.1. The summed E-state index contributed by atoms with van der Waals surface area (Å²) in [6.45, 7) is 2.60. The van der Waals surface area contributed by atoms with Crippen LogP contribution in [0.3, 0.4) is 0 Å². The zero-order chi connectivity index (χ0) is 15.0. The largest absolute Gasteiger partial charge is 0.480 e. The molecule has 0 aromatic heterocycles. The van der Waals surface area contributed by atoms with Crippen LogP contribution in [0, 0.1) is 11.8 Å². The Morgan fingerprint density at radius 2 is 1.90 bits per heavy atom. The van der Waals surface area contributed by atoms with E-state index in [1.807, 2.05) is 6.92 Å². The standard InChI is InChI=1S/C16H25NO4/c1-10-8-12(6-7-21-10)15(18)17-13-5-3-2-4-11(13)9-14(17)16(19)20/h10-14H,2-9H2,1H3,(H,19,20). The molecule has 0 radical (unpaired) electrons. The zero-order valence-corrected chi connectivity index (χ0v) is 12.7. The van der Waals surface area contributed by atoms with Crippen molar-refractivity contribution in [2.45, 2.75) is 70.1 Å². The Morgan fingerprint density at radius 1 is 1.14 bits per heavy atom. The third-order valence-corrected chi connectivity index (χ3v) is 5.46. The maximum absolute atomic E-state index is 12.9. The van der Waals surface area contributed by atoms with E-state index in [2.05, 4.69) is 0 Å². The summed E-state index contributed by atoms with van der Waals surface area (Å²) in [6.07, 6.45) is 6.51. The van der Waals surface area contributed by atoms with E-state index < -0.39 is 12.0 Å². The van der Waals surface area contributed by atoms with Gasteiger partial charge in [-0.05, 0) is 44.9 Å². The van der Waals surface area contributed by atoms with Crippen LogP contribution in [0.25, 0.3) is 0 Å². The van der Waals surface area contributed by atoms with Gasteiger partial charge in [0.15, 0.2) is 0 Å². The van der Waals surface area contributed by atoms with Crippen LogP contribution in [-0.2, 0) is 14.3 Å². The van der Waals surface area contributed by atoms with Crippen molar-refractivity contribution in [3.8, 4) is 0 Å². The Hall–Kier alpha value is -1.10. The first-order valence-corrected chi connectivity index (χ1v) is 8.24. The fraction of sp³-hybridized carbons (Fsp3) is 0.875. The van der Waals surface area contributed by atoms with Crippen molar-refractivity contribution in [1.82, 2.24) is 4.90 Å². The van der Waals surface area contributed by atoms with Crippen LogP contribution in [0.4, 0.5) is 0 Å². The summed E-state index contributed by atoms with van der Waals surface area (Å²) in [7, 11) is 0. The lowest BCUT2D eigenvalue weighted by molar-refractivity contribution is -0.154. The van der Waals surface area contributed by atoms with E-state index in [-0.39, 0.29) is 24.0 Å². The van der Waals surface area contributed by atoms with Gasteiger partial charge >= 0.3 is 5.97 Å². The number of hydrogen-bond acceptors (Lipinski definition) is 3. The monoisotopic (exact) mass is 295 g/mol. The van der Waals surface area contributed by atoms with Crippen LogP contribution < -0.4 is 0 Å². The minimum atomic E-state index is -0.835. The van der Waals surface area contributed by atoms with Gasteiger partial charge in [0, 0.05) is 18.6 Å². The molecule has 2 aliphatic heterocycles. The van der Waals surface area contributed by atoms with Gasteiger partial charge in [-0.2, -0.15) is 0 Å². The molecule has 2 saturated heterocycles. The highest BCUT2D eigenvalue weighted by Gasteiger charge is 2.49. The van der Waals surface area contributed by atoms with Gasteiger partial charge in [0.05, 0.1) is 6.10 Å². The molecule has 5 unspecified atom stereocenters. The topological polar surface area (TPSA) is 66.8 Å². The van der Waals surface area contributed by atoms with Crippen molar-refractivity contribution in [1.29, 1.82) is 0 Å². The lowest BCUT2D eigenvalue weighted by Gasteiger charge is -2.37. The number of rotatable bonds is 2. The minimum Gasteiger partial charge on any atom is -0.480 e. The van der Waals surface area contributed by atoms with E-state index in [1.54, 1.807) is 4.90 Å². The smallest absolute Gasteiger partial charge is 0.326 e. The van der Waals surface area contributed by atoms with Gasteiger partial charge in [0.25, 0.3) is 0 Å². The van der Waals surface area contributed by atoms with E-state index in [0.717, 1.165) is 32.1 Å². The summed E-state index contributed by atoms with van der Waals surface area (Å²) in [5.41, 5.74) is 0. The molecule has 1 saturated carbocycles. The van der Waals surface area contributed by atoms with E-state index in [1.165, 1.54) is 6.42 Å². The minimum absolute atomic E-state index is 0.0590. The van der Waals surface area contributed by atoms with Crippen LogP contribution in [0.15, 0.2) is 0 Å². The fourth-order valence-electron chi connectivity index (χ4n) is 4.43. The summed E-state index contributed by atoms with van der Waals surface area (Å²) >= 11 is 0. The first kappa shape index (κ1) is 14.8. The number of carboxylic acid groups (broad SMARTS) is 1. The molecule has 1 N–H and O–H groups in total. The molecule has 3 rings (SSSR count). The second kappa shape index (κ2) is 5.95. The molecule has 5 atom stereocenters. The summed E-state index contributed by atoms with van der Waals surface area (Å²) < 4.78 is 5.51. The van der Waals surface area contributed by atoms with Crippen molar-refractivity contribution in [3.05, 3.63) is 0 Å². The Bertz CT molecular complexity index is 425.